The van der Waals surface area contributed by atoms with Crippen molar-refractivity contribution in [2.45, 2.75) is 92.4 Å². The summed E-state index contributed by atoms with van der Waals surface area (Å²) in [6, 6.07) is 20.6. The lowest BCUT2D eigenvalue weighted by atomic mass is 9.99. The van der Waals surface area contributed by atoms with Crippen molar-refractivity contribution in [3.05, 3.63) is 89.2 Å². The van der Waals surface area contributed by atoms with E-state index in [0.29, 0.717) is 17.9 Å². The number of fused-ring (bicyclic) bond motifs is 1. The molecule has 0 spiro atoms. The molecule has 2 N–H and O–H groups in total. The zero-order valence-electron chi connectivity index (χ0n) is 29.4. The third-order valence-corrected chi connectivity index (χ3v) is 7.16. The number of benzene rings is 3. The monoisotopic (exact) mass is 658 g/mol. The number of para-hydroxylation sites is 1. The number of hydrogen-bond acceptors (Lipinski definition) is 7. The molecule has 48 heavy (non-hydrogen) atoms. The van der Waals surface area contributed by atoms with Crippen LogP contribution in [0.5, 0.6) is 5.75 Å². The number of carbonyl (C=O) groups excluding carboxylic acids is 3. The van der Waals surface area contributed by atoms with Crippen LogP contribution in [-0.2, 0) is 33.8 Å². The Morgan fingerprint density at radius 2 is 1.58 bits per heavy atom. The van der Waals surface area contributed by atoms with E-state index in [2.05, 4.69) is 24.5 Å². The van der Waals surface area contributed by atoms with E-state index in [-0.39, 0.29) is 37.2 Å². The highest BCUT2D eigenvalue weighted by Gasteiger charge is 2.18. The van der Waals surface area contributed by atoms with E-state index in [1.165, 1.54) is 25.7 Å². The molecule has 1 heterocycles. The molecule has 4 aromatic rings. The topological polar surface area (TPSA) is 116 Å². The van der Waals surface area contributed by atoms with Crippen LogP contribution < -0.4 is 15.4 Å². The maximum Gasteiger partial charge on any atom is 0.407 e. The van der Waals surface area contributed by atoms with Gasteiger partial charge < -0.3 is 29.3 Å². The first-order valence-corrected chi connectivity index (χ1v) is 16.7. The van der Waals surface area contributed by atoms with E-state index in [1.807, 2.05) is 81.4 Å². The summed E-state index contributed by atoms with van der Waals surface area (Å²) in [6.45, 7) is 12.5. The summed E-state index contributed by atoms with van der Waals surface area (Å²) in [5.74, 6) is 0.117. The molecule has 0 aliphatic rings. The lowest BCUT2D eigenvalue weighted by Gasteiger charge is -2.19. The fourth-order valence-corrected chi connectivity index (χ4v) is 4.90. The van der Waals surface area contributed by atoms with Crippen molar-refractivity contribution in [2.75, 3.05) is 13.7 Å². The molecule has 1 aromatic heterocycles. The number of hydrogen-bond donors (Lipinski definition) is 2. The van der Waals surface area contributed by atoms with E-state index >= 15 is 0 Å². The molecule has 0 aliphatic heterocycles. The van der Waals surface area contributed by atoms with Crippen LogP contribution in [-0.4, -0.2) is 37.2 Å². The second-order valence-corrected chi connectivity index (χ2v) is 12.4. The van der Waals surface area contributed by atoms with E-state index in [0.717, 1.165) is 33.2 Å². The molecule has 0 unspecified atom stereocenters. The van der Waals surface area contributed by atoms with Gasteiger partial charge in [0.15, 0.2) is 5.76 Å². The first kappa shape index (κ1) is 37.7. The summed E-state index contributed by atoms with van der Waals surface area (Å²) in [5, 5.41) is 6.12. The molecule has 9 heteroatoms. The first-order valence-electron chi connectivity index (χ1n) is 16.7. The maximum absolute atomic E-state index is 12.4. The highest BCUT2D eigenvalue weighted by molar-refractivity contribution is 6.00. The number of alkyl carbamates (subject to hydrolysis) is 1. The highest BCUT2D eigenvalue weighted by Crippen LogP contribution is 2.34. The number of esters is 1. The average Bonchev–Trinajstić information content (AvgIpc) is 3.49. The smallest absolute Gasteiger partial charge is 0.407 e. The van der Waals surface area contributed by atoms with Gasteiger partial charge in [0, 0.05) is 30.1 Å². The van der Waals surface area contributed by atoms with Gasteiger partial charge in [0.05, 0.1) is 13.0 Å². The number of nitrogens with one attached hydrogen (secondary N) is 2. The predicted octanol–water partition coefficient (Wildman–Crippen LogP) is 8.76. The number of rotatable bonds is 13. The van der Waals surface area contributed by atoms with Crippen LogP contribution in [0, 0.1) is 0 Å². The van der Waals surface area contributed by atoms with E-state index in [9.17, 15) is 14.4 Å². The second kappa shape index (κ2) is 18.5. The number of unbranched alkanes of at least 4 members (excludes halogenated alkanes) is 3. The Bertz CT molecular complexity index is 1650. The predicted molar refractivity (Wildman–Crippen MR) is 189 cm³/mol. The molecule has 4 rings (SSSR count). The third kappa shape index (κ3) is 11.8. The standard InChI is InChI=1S/C33H36N2O7.C6H14/c1-6-39-29(36)18-24-11-7-8-13-27(24)40-20-22-15-25-17-28(31(37)34-5)41-30(25)26(16-22)23-12-9-10-21(14-23)19-35-32(38)42-33(2,3)4;1-3-5-6-4-2/h7-17H,6,18-20H2,1-5H3,(H,34,37)(H,35,38);3-6H2,1-2H3. The zero-order chi connectivity index (χ0) is 35.1. The molecular weight excluding hydrogens is 608 g/mol. The van der Waals surface area contributed by atoms with Crippen molar-refractivity contribution in [3.63, 3.8) is 0 Å². The Kier molecular flexibility index (Phi) is 14.5. The fourth-order valence-electron chi connectivity index (χ4n) is 4.90. The molecular formula is C39H50N2O7. The van der Waals surface area contributed by atoms with Crippen LogP contribution in [0.2, 0.25) is 0 Å². The molecule has 0 bridgehead atoms. The minimum absolute atomic E-state index is 0.107. The van der Waals surface area contributed by atoms with Gasteiger partial charge in [-0.1, -0.05) is 75.9 Å². The summed E-state index contributed by atoms with van der Waals surface area (Å²) in [5.41, 5.74) is 3.99. The lowest BCUT2D eigenvalue weighted by molar-refractivity contribution is -0.142. The number of furan rings is 1. The van der Waals surface area contributed by atoms with Crippen LogP contribution in [0.25, 0.3) is 22.1 Å². The Morgan fingerprint density at radius 1 is 0.854 bits per heavy atom. The van der Waals surface area contributed by atoms with Gasteiger partial charge in [-0.25, -0.2) is 4.79 Å². The summed E-state index contributed by atoms with van der Waals surface area (Å²) < 4.78 is 22.6. The SMILES string of the molecule is CCCCCC.CCOC(=O)Cc1ccccc1OCc1cc(-c2cccc(CNC(=O)OC(C)(C)C)c2)c2oc(C(=O)NC)cc2c1. The molecule has 0 saturated carbocycles. The maximum atomic E-state index is 12.4. The largest absolute Gasteiger partial charge is 0.489 e. The Labute approximate surface area is 284 Å². The van der Waals surface area contributed by atoms with Gasteiger partial charge in [-0.3, -0.25) is 9.59 Å². The molecule has 0 atom stereocenters. The molecule has 0 fully saturated rings. The van der Waals surface area contributed by atoms with Crippen molar-refractivity contribution in [3.8, 4) is 16.9 Å². The van der Waals surface area contributed by atoms with E-state index in [4.69, 9.17) is 18.6 Å². The van der Waals surface area contributed by atoms with Crippen LogP contribution in [0.15, 0.2) is 71.1 Å². The number of ether oxygens (including phenoxy) is 3. The van der Waals surface area contributed by atoms with Crippen LogP contribution in [0.3, 0.4) is 0 Å². The molecule has 3 aromatic carbocycles. The molecule has 0 saturated heterocycles. The minimum atomic E-state index is -0.596. The molecule has 258 valence electrons. The van der Waals surface area contributed by atoms with Gasteiger partial charge in [-0.05, 0) is 74.7 Å². The normalized spacial score (nSPS) is 10.9. The Morgan fingerprint density at radius 3 is 2.25 bits per heavy atom. The van der Waals surface area contributed by atoms with Crippen LogP contribution >= 0.6 is 0 Å². The van der Waals surface area contributed by atoms with Gasteiger partial charge in [0.1, 0.15) is 23.5 Å². The van der Waals surface area contributed by atoms with Crippen molar-refractivity contribution < 1.29 is 33.0 Å². The van der Waals surface area contributed by atoms with E-state index < -0.39 is 11.7 Å². The fraction of sp³-hybridized carbons (Fsp3) is 0.410. The summed E-state index contributed by atoms with van der Waals surface area (Å²) in [6.07, 6.45) is 5.14. The lowest BCUT2D eigenvalue weighted by Crippen LogP contribution is -2.32. The molecule has 2 amide bonds. The van der Waals surface area contributed by atoms with Crippen molar-refractivity contribution in [2.24, 2.45) is 0 Å². The Balaban J connectivity index is 0.000000952. The molecule has 0 radical (unpaired) electrons. The van der Waals surface area contributed by atoms with Gasteiger partial charge in [0.2, 0.25) is 0 Å². The molecule has 9 nitrogen and oxygen atoms in total. The average molecular weight is 659 g/mol. The van der Waals surface area contributed by atoms with E-state index in [1.54, 1.807) is 20.0 Å². The zero-order valence-corrected chi connectivity index (χ0v) is 29.4. The third-order valence-electron chi connectivity index (χ3n) is 7.16. The number of carbonyl (C=O) groups is 3. The van der Waals surface area contributed by atoms with Crippen LogP contribution in [0.1, 0.15) is 94.5 Å². The van der Waals surface area contributed by atoms with Crippen molar-refractivity contribution in [1.29, 1.82) is 0 Å². The Hall–Kier alpha value is -4.79. The van der Waals surface area contributed by atoms with Crippen molar-refractivity contribution >= 4 is 28.9 Å². The van der Waals surface area contributed by atoms with Gasteiger partial charge in [-0.15, -0.1) is 0 Å². The quantitative estimate of drug-likeness (QED) is 0.109. The summed E-state index contributed by atoms with van der Waals surface area (Å²) in [7, 11) is 1.55. The second-order valence-electron chi connectivity index (χ2n) is 12.4. The minimum Gasteiger partial charge on any atom is -0.489 e. The van der Waals surface area contributed by atoms with Crippen LogP contribution in [0.4, 0.5) is 4.79 Å². The van der Waals surface area contributed by atoms with Gasteiger partial charge in [-0.2, -0.15) is 0 Å². The first-order chi connectivity index (χ1) is 23.0. The highest BCUT2D eigenvalue weighted by atomic mass is 16.6. The van der Waals surface area contributed by atoms with Gasteiger partial charge in [0.25, 0.3) is 5.91 Å². The van der Waals surface area contributed by atoms with Crippen molar-refractivity contribution in [1.82, 2.24) is 10.6 Å². The summed E-state index contributed by atoms with van der Waals surface area (Å²) in [4.78, 5) is 36.7. The summed E-state index contributed by atoms with van der Waals surface area (Å²) >= 11 is 0. The number of amides is 2. The molecule has 0 aliphatic carbocycles. The van der Waals surface area contributed by atoms with Gasteiger partial charge >= 0.3 is 12.1 Å².